The molecule has 0 aromatic heterocycles. The first-order valence-corrected chi connectivity index (χ1v) is 5.21. The Morgan fingerprint density at radius 2 is 2.29 bits per heavy atom. The van der Waals surface area contributed by atoms with Crippen LogP contribution in [0.5, 0.6) is 0 Å². The molecule has 14 heavy (non-hydrogen) atoms. The van der Waals surface area contributed by atoms with Crippen LogP contribution in [0.15, 0.2) is 16.6 Å². The average Bonchev–Trinajstić information content (AvgIpc) is 2.16. The Morgan fingerprint density at radius 1 is 1.57 bits per heavy atom. The summed E-state index contributed by atoms with van der Waals surface area (Å²) in [4.78, 5) is 0. The number of hydrogen-bond donors (Lipinski definition) is 2. The van der Waals surface area contributed by atoms with Crippen molar-refractivity contribution in [2.45, 2.75) is 13.3 Å². The summed E-state index contributed by atoms with van der Waals surface area (Å²) < 4.78 is 0.836. The van der Waals surface area contributed by atoms with Gasteiger partial charge in [0.15, 0.2) is 0 Å². The van der Waals surface area contributed by atoms with Gasteiger partial charge in [0, 0.05) is 11.0 Å². The zero-order valence-electron chi connectivity index (χ0n) is 7.97. The number of benzene rings is 1. The molecule has 0 aliphatic heterocycles. The van der Waals surface area contributed by atoms with Crippen LogP contribution in [-0.4, -0.2) is 6.54 Å². The molecule has 1 aromatic rings. The number of nitrogens with zero attached hydrogens (tertiary/aromatic N) is 1. The maximum Gasteiger partial charge on any atom is 0.0992 e. The average molecular weight is 254 g/mol. The van der Waals surface area contributed by atoms with Crippen LogP contribution in [-0.2, 0) is 0 Å². The largest absolute Gasteiger partial charge is 0.397 e. The lowest BCUT2D eigenvalue weighted by Crippen LogP contribution is -2.04. The second-order valence-electron chi connectivity index (χ2n) is 2.96. The lowest BCUT2D eigenvalue weighted by Gasteiger charge is -2.10. The summed E-state index contributed by atoms with van der Waals surface area (Å²) >= 11 is 3.38. The predicted molar refractivity (Wildman–Crippen MR) is 62.1 cm³/mol. The smallest absolute Gasteiger partial charge is 0.0992 e. The Morgan fingerprint density at radius 3 is 2.79 bits per heavy atom. The van der Waals surface area contributed by atoms with Gasteiger partial charge in [-0.2, -0.15) is 5.26 Å². The molecule has 0 unspecified atom stereocenters. The maximum atomic E-state index is 8.71. The normalized spacial score (nSPS) is 9.50. The van der Waals surface area contributed by atoms with E-state index in [-0.39, 0.29) is 0 Å². The summed E-state index contributed by atoms with van der Waals surface area (Å²) in [6.45, 7) is 2.95. The number of nitrogen functional groups attached to an aromatic ring is 1. The van der Waals surface area contributed by atoms with Crippen LogP contribution >= 0.6 is 15.9 Å². The van der Waals surface area contributed by atoms with Crippen LogP contribution in [0.2, 0.25) is 0 Å². The van der Waals surface area contributed by atoms with Crippen molar-refractivity contribution in [1.82, 2.24) is 0 Å². The summed E-state index contributed by atoms with van der Waals surface area (Å²) in [6.07, 6.45) is 1.03. The Balaban J connectivity index is 3.01. The van der Waals surface area contributed by atoms with Gasteiger partial charge in [0.2, 0.25) is 0 Å². The molecule has 0 fully saturated rings. The van der Waals surface area contributed by atoms with Crippen molar-refractivity contribution in [3.8, 4) is 6.07 Å². The third kappa shape index (κ3) is 2.39. The molecule has 0 radical (unpaired) electrons. The van der Waals surface area contributed by atoms with Crippen molar-refractivity contribution in [2.75, 3.05) is 17.6 Å². The monoisotopic (exact) mass is 253 g/mol. The second-order valence-corrected chi connectivity index (χ2v) is 3.82. The fourth-order valence-corrected chi connectivity index (χ4v) is 1.74. The van der Waals surface area contributed by atoms with Crippen LogP contribution in [0.4, 0.5) is 11.4 Å². The predicted octanol–water partition coefficient (Wildman–Crippen LogP) is 2.72. The number of nitrogens with two attached hydrogens (primary N) is 1. The second kappa shape index (κ2) is 4.87. The highest BCUT2D eigenvalue weighted by Gasteiger charge is 2.05. The molecular weight excluding hydrogens is 242 g/mol. The molecule has 4 heteroatoms. The van der Waals surface area contributed by atoms with Gasteiger partial charge < -0.3 is 11.1 Å². The van der Waals surface area contributed by atoms with Gasteiger partial charge in [-0.3, -0.25) is 0 Å². The molecule has 0 spiro atoms. The molecule has 0 bridgehead atoms. The van der Waals surface area contributed by atoms with E-state index in [0.29, 0.717) is 11.3 Å². The zero-order valence-corrected chi connectivity index (χ0v) is 9.56. The quantitative estimate of drug-likeness (QED) is 0.815. The van der Waals surface area contributed by atoms with Gasteiger partial charge >= 0.3 is 0 Å². The minimum atomic E-state index is 0.566. The molecule has 3 N–H and O–H groups in total. The molecule has 0 atom stereocenters. The molecule has 0 amide bonds. The van der Waals surface area contributed by atoms with Crippen LogP contribution in [0.25, 0.3) is 0 Å². The maximum absolute atomic E-state index is 8.71. The Kier molecular flexibility index (Phi) is 3.78. The van der Waals surface area contributed by atoms with E-state index < -0.39 is 0 Å². The van der Waals surface area contributed by atoms with Gasteiger partial charge in [0.05, 0.1) is 23.0 Å². The fourth-order valence-electron chi connectivity index (χ4n) is 1.13. The summed E-state index contributed by atoms with van der Waals surface area (Å²) in [7, 11) is 0. The van der Waals surface area contributed by atoms with E-state index in [0.717, 1.165) is 23.1 Å². The standard InChI is InChI=1S/C10H12BrN3/c1-2-3-14-10-8(11)4-7(6-12)5-9(10)13/h4-5,14H,2-3,13H2,1H3. The molecule has 3 nitrogen and oxygen atoms in total. The van der Waals surface area contributed by atoms with Gasteiger partial charge in [-0.15, -0.1) is 0 Å². The molecule has 0 aliphatic carbocycles. The van der Waals surface area contributed by atoms with Crippen molar-refractivity contribution in [1.29, 1.82) is 5.26 Å². The first-order chi connectivity index (χ1) is 6.69. The molecule has 1 rings (SSSR count). The van der Waals surface area contributed by atoms with Crippen molar-refractivity contribution in [3.05, 3.63) is 22.2 Å². The van der Waals surface area contributed by atoms with Gasteiger partial charge in [-0.25, -0.2) is 0 Å². The zero-order chi connectivity index (χ0) is 10.6. The minimum Gasteiger partial charge on any atom is -0.397 e. The van der Waals surface area contributed by atoms with Crippen molar-refractivity contribution < 1.29 is 0 Å². The third-order valence-corrected chi connectivity index (χ3v) is 2.43. The van der Waals surface area contributed by atoms with E-state index in [1.807, 2.05) is 0 Å². The number of hydrogen-bond acceptors (Lipinski definition) is 3. The first kappa shape index (κ1) is 10.9. The Labute approximate surface area is 92.0 Å². The number of nitrogens with one attached hydrogen (secondary N) is 1. The third-order valence-electron chi connectivity index (χ3n) is 1.80. The van der Waals surface area contributed by atoms with Crippen LogP contribution in [0.3, 0.4) is 0 Å². The van der Waals surface area contributed by atoms with Crippen LogP contribution < -0.4 is 11.1 Å². The lowest BCUT2D eigenvalue weighted by molar-refractivity contribution is 0.979. The van der Waals surface area contributed by atoms with Gasteiger partial charge in [0.1, 0.15) is 0 Å². The van der Waals surface area contributed by atoms with Crippen molar-refractivity contribution in [3.63, 3.8) is 0 Å². The topological polar surface area (TPSA) is 61.8 Å². The van der Waals surface area contributed by atoms with E-state index in [1.165, 1.54) is 0 Å². The summed E-state index contributed by atoms with van der Waals surface area (Å²) in [5, 5.41) is 11.9. The van der Waals surface area contributed by atoms with Crippen molar-refractivity contribution >= 4 is 27.3 Å². The number of rotatable bonds is 3. The van der Waals surface area contributed by atoms with E-state index in [2.05, 4.69) is 34.2 Å². The summed E-state index contributed by atoms with van der Waals surface area (Å²) in [5.41, 5.74) is 7.83. The molecular formula is C10H12BrN3. The fraction of sp³-hybridized carbons (Fsp3) is 0.300. The number of halogens is 1. The number of anilines is 2. The van der Waals surface area contributed by atoms with Gasteiger partial charge in [-0.05, 0) is 34.5 Å². The highest BCUT2D eigenvalue weighted by Crippen LogP contribution is 2.30. The Bertz CT molecular complexity index is 345. The SMILES string of the molecule is CCCNc1c(N)cc(C#N)cc1Br. The van der Waals surface area contributed by atoms with E-state index >= 15 is 0 Å². The van der Waals surface area contributed by atoms with Gasteiger partial charge in [-0.1, -0.05) is 6.92 Å². The summed E-state index contributed by atoms with van der Waals surface area (Å²) in [5.74, 6) is 0. The summed E-state index contributed by atoms with van der Waals surface area (Å²) in [6, 6.07) is 5.48. The molecule has 0 aliphatic rings. The molecule has 74 valence electrons. The van der Waals surface area contributed by atoms with Crippen molar-refractivity contribution in [2.24, 2.45) is 0 Å². The lowest BCUT2D eigenvalue weighted by atomic mass is 10.2. The molecule has 1 aromatic carbocycles. The van der Waals surface area contributed by atoms with Gasteiger partial charge in [0.25, 0.3) is 0 Å². The van der Waals surface area contributed by atoms with Crippen LogP contribution in [0.1, 0.15) is 18.9 Å². The Hall–Kier alpha value is -1.21. The molecule has 0 heterocycles. The highest BCUT2D eigenvalue weighted by molar-refractivity contribution is 9.10. The number of nitriles is 1. The molecule has 0 saturated heterocycles. The van der Waals surface area contributed by atoms with E-state index in [1.54, 1.807) is 12.1 Å². The molecule has 0 saturated carbocycles. The van der Waals surface area contributed by atoms with E-state index in [9.17, 15) is 0 Å². The minimum absolute atomic E-state index is 0.566. The highest BCUT2D eigenvalue weighted by atomic mass is 79.9. The first-order valence-electron chi connectivity index (χ1n) is 4.42. The van der Waals surface area contributed by atoms with E-state index in [4.69, 9.17) is 11.0 Å². The van der Waals surface area contributed by atoms with Crippen LogP contribution in [0, 0.1) is 11.3 Å².